The summed E-state index contributed by atoms with van der Waals surface area (Å²) >= 11 is 0. The van der Waals surface area contributed by atoms with Crippen LogP contribution >= 0.6 is 0 Å². The summed E-state index contributed by atoms with van der Waals surface area (Å²) in [7, 11) is 0. The number of hydrogen-bond acceptors (Lipinski definition) is 5. The fourth-order valence-corrected chi connectivity index (χ4v) is 3.97. The summed E-state index contributed by atoms with van der Waals surface area (Å²) in [4.78, 5) is 0. The van der Waals surface area contributed by atoms with Gasteiger partial charge in [0, 0.05) is 28.0 Å². The number of fused-ring (bicyclic) bond motifs is 2. The molecule has 0 bridgehead atoms. The lowest BCUT2D eigenvalue weighted by Crippen LogP contribution is -2.37. The zero-order chi connectivity index (χ0) is 17.7. The fraction of sp³-hybridized carbons (Fsp3) is 0.300. The molecular weight excluding hydrogens is 318 g/mol. The highest BCUT2D eigenvalue weighted by Gasteiger charge is 2.33. The molecule has 2 unspecified atom stereocenters. The van der Waals surface area contributed by atoms with Crippen molar-refractivity contribution in [2.75, 3.05) is 0 Å². The van der Waals surface area contributed by atoms with E-state index in [0.717, 1.165) is 36.5 Å². The molecule has 0 radical (unpaired) electrons. The Balaban J connectivity index is 2.08. The molecule has 2 aromatic carbocycles. The molecule has 5 heteroatoms. The molecule has 0 saturated heterocycles. The van der Waals surface area contributed by atoms with Crippen molar-refractivity contribution in [1.29, 1.82) is 0 Å². The number of nitrogens with two attached hydrogens (primary N) is 1. The number of aromatic hydroxyl groups is 3. The normalized spacial score (nSPS) is 22.0. The summed E-state index contributed by atoms with van der Waals surface area (Å²) in [6, 6.07) is 6.81. The van der Waals surface area contributed by atoms with Gasteiger partial charge in [0.15, 0.2) is 23.0 Å². The number of phenols is 3. The molecular formula is C20H21NO4. The lowest BCUT2D eigenvalue weighted by molar-refractivity contribution is 0.347. The predicted octanol–water partition coefficient (Wildman–Crippen LogP) is 2.04. The Morgan fingerprint density at radius 1 is 0.960 bits per heavy atom. The first-order chi connectivity index (χ1) is 12.0. The first-order valence-electron chi connectivity index (χ1n) is 8.53. The second kappa shape index (κ2) is 5.70. The highest BCUT2D eigenvalue weighted by molar-refractivity contribution is 5.80. The van der Waals surface area contributed by atoms with E-state index in [1.807, 2.05) is 6.07 Å². The van der Waals surface area contributed by atoms with E-state index < -0.39 is 0 Å². The number of hydrogen-bond donors (Lipinski definition) is 4. The maximum absolute atomic E-state index is 10.4. The molecule has 2 atom stereocenters. The van der Waals surface area contributed by atoms with Gasteiger partial charge in [-0.05, 0) is 30.5 Å². The first kappa shape index (κ1) is 15.8. The van der Waals surface area contributed by atoms with Crippen molar-refractivity contribution < 1.29 is 20.1 Å². The predicted molar refractivity (Wildman–Crippen MR) is 95.2 cm³/mol. The molecule has 1 heterocycles. The van der Waals surface area contributed by atoms with Crippen molar-refractivity contribution >= 4 is 12.2 Å². The Labute approximate surface area is 145 Å². The van der Waals surface area contributed by atoms with Crippen LogP contribution in [0.15, 0.2) is 24.3 Å². The number of rotatable bonds is 1. The third-order valence-electron chi connectivity index (χ3n) is 5.30. The fourth-order valence-electron chi connectivity index (χ4n) is 3.97. The van der Waals surface area contributed by atoms with Crippen LogP contribution in [0.2, 0.25) is 0 Å². The molecule has 5 nitrogen and oxygen atoms in total. The number of benzene rings is 2. The number of phenolic OH excluding ortho intramolecular Hbond substituents is 3. The van der Waals surface area contributed by atoms with Crippen LogP contribution in [0.1, 0.15) is 31.2 Å². The van der Waals surface area contributed by atoms with E-state index in [1.165, 1.54) is 6.07 Å². The van der Waals surface area contributed by atoms with Crippen molar-refractivity contribution in [2.24, 2.45) is 11.7 Å². The second-order valence-corrected chi connectivity index (χ2v) is 6.83. The van der Waals surface area contributed by atoms with Crippen LogP contribution in [-0.2, 0) is 0 Å². The van der Waals surface area contributed by atoms with Gasteiger partial charge in [-0.3, -0.25) is 0 Å². The summed E-state index contributed by atoms with van der Waals surface area (Å²) in [5, 5.41) is 31.8. The monoisotopic (exact) mass is 339 g/mol. The van der Waals surface area contributed by atoms with Gasteiger partial charge in [-0.15, -0.1) is 0 Å². The standard InChI is InChI=1S/C20H21NO4/c1-10-6-7-12-16(11-4-2-3-5-14(11)21)13-8-9-15(22)18(24)20(13)25-19(12)17(10)23/h6-9,11,14,22-24H,1-5,21H2. The number of ether oxygens (including phenoxy) is 1. The largest absolute Gasteiger partial charge is 0.504 e. The lowest BCUT2D eigenvalue weighted by atomic mass is 9.76. The van der Waals surface area contributed by atoms with Crippen molar-refractivity contribution in [1.82, 2.24) is 0 Å². The summed E-state index contributed by atoms with van der Waals surface area (Å²) in [5.41, 5.74) is 8.07. The molecule has 1 aliphatic heterocycles. The van der Waals surface area contributed by atoms with Crippen molar-refractivity contribution in [2.45, 2.75) is 31.7 Å². The van der Waals surface area contributed by atoms with Crippen LogP contribution in [0, 0.1) is 5.92 Å². The highest BCUT2D eigenvalue weighted by atomic mass is 16.5. The summed E-state index contributed by atoms with van der Waals surface area (Å²) in [6.45, 7) is 3.80. The maximum Gasteiger partial charge on any atom is 0.201 e. The van der Waals surface area contributed by atoms with E-state index in [-0.39, 0.29) is 40.7 Å². The molecule has 2 aliphatic rings. The van der Waals surface area contributed by atoms with Gasteiger partial charge in [0.1, 0.15) is 0 Å². The Morgan fingerprint density at radius 3 is 2.48 bits per heavy atom. The lowest BCUT2D eigenvalue weighted by Gasteiger charge is -2.34. The van der Waals surface area contributed by atoms with E-state index in [1.54, 1.807) is 12.1 Å². The molecule has 2 aromatic rings. The van der Waals surface area contributed by atoms with Crippen LogP contribution in [0.25, 0.3) is 12.2 Å². The average Bonchev–Trinajstić information content (AvgIpc) is 2.61. The van der Waals surface area contributed by atoms with Crippen molar-refractivity contribution in [3.8, 4) is 28.7 Å². The zero-order valence-corrected chi connectivity index (χ0v) is 13.8. The van der Waals surface area contributed by atoms with Gasteiger partial charge in [0.2, 0.25) is 5.75 Å². The third kappa shape index (κ3) is 2.35. The topological polar surface area (TPSA) is 95.9 Å². The SMILES string of the molecule is C=c1ccc2c(c1O)Oc1c(ccc(O)c1O)C=2C1CCCCC1N. The van der Waals surface area contributed by atoms with Gasteiger partial charge in [-0.1, -0.05) is 31.6 Å². The maximum atomic E-state index is 10.4. The Bertz CT molecular complexity index is 967. The summed E-state index contributed by atoms with van der Waals surface area (Å²) in [5.74, 6) is -0.157. The zero-order valence-electron chi connectivity index (χ0n) is 13.8. The van der Waals surface area contributed by atoms with E-state index >= 15 is 0 Å². The van der Waals surface area contributed by atoms with Crippen LogP contribution in [0.4, 0.5) is 0 Å². The molecule has 0 amide bonds. The Morgan fingerprint density at radius 2 is 1.72 bits per heavy atom. The van der Waals surface area contributed by atoms with Crippen LogP contribution in [-0.4, -0.2) is 21.4 Å². The molecule has 1 saturated carbocycles. The van der Waals surface area contributed by atoms with Gasteiger partial charge in [0.05, 0.1) is 0 Å². The smallest absolute Gasteiger partial charge is 0.201 e. The van der Waals surface area contributed by atoms with Crippen LogP contribution < -0.4 is 20.9 Å². The average molecular weight is 339 g/mol. The minimum Gasteiger partial charge on any atom is -0.504 e. The molecule has 5 N–H and O–H groups in total. The van der Waals surface area contributed by atoms with Crippen molar-refractivity contribution in [3.05, 3.63) is 40.3 Å². The third-order valence-corrected chi connectivity index (χ3v) is 5.30. The second-order valence-electron chi connectivity index (χ2n) is 6.83. The van der Waals surface area contributed by atoms with Gasteiger partial charge < -0.3 is 25.8 Å². The van der Waals surface area contributed by atoms with E-state index in [4.69, 9.17) is 10.5 Å². The molecule has 1 aliphatic carbocycles. The summed E-state index contributed by atoms with van der Waals surface area (Å²) in [6.07, 6.45) is 4.05. The summed E-state index contributed by atoms with van der Waals surface area (Å²) < 4.78 is 5.80. The van der Waals surface area contributed by atoms with Gasteiger partial charge in [-0.25, -0.2) is 0 Å². The van der Waals surface area contributed by atoms with Crippen molar-refractivity contribution in [3.63, 3.8) is 0 Å². The minimum atomic E-state index is -0.334. The van der Waals surface area contributed by atoms with E-state index in [2.05, 4.69) is 6.58 Å². The molecule has 4 rings (SSSR count). The highest BCUT2D eigenvalue weighted by Crippen LogP contribution is 2.48. The van der Waals surface area contributed by atoms with E-state index in [9.17, 15) is 15.3 Å². The van der Waals surface area contributed by atoms with Crippen LogP contribution in [0.5, 0.6) is 28.7 Å². The minimum absolute atomic E-state index is 0.0000619. The molecule has 25 heavy (non-hydrogen) atoms. The van der Waals surface area contributed by atoms with Gasteiger partial charge in [-0.2, -0.15) is 0 Å². The molecule has 0 spiro atoms. The Kier molecular flexibility index (Phi) is 3.62. The van der Waals surface area contributed by atoms with E-state index in [0.29, 0.717) is 10.8 Å². The van der Waals surface area contributed by atoms with Crippen LogP contribution in [0.3, 0.4) is 0 Å². The Hall–Kier alpha value is -2.66. The molecule has 130 valence electrons. The van der Waals surface area contributed by atoms with Gasteiger partial charge in [0.25, 0.3) is 0 Å². The quantitative estimate of drug-likeness (QED) is 0.596. The molecule has 1 fully saturated rings. The molecule has 0 aromatic heterocycles. The van der Waals surface area contributed by atoms with Gasteiger partial charge >= 0.3 is 0 Å². The first-order valence-corrected chi connectivity index (χ1v) is 8.53.